The van der Waals surface area contributed by atoms with E-state index >= 15 is 0 Å². The normalized spacial score (nSPS) is 14.0. The number of halogens is 3. The van der Waals surface area contributed by atoms with Crippen LogP contribution in [-0.2, 0) is 4.74 Å². The molecule has 1 aliphatic rings. The van der Waals surface area contributed by atoms with Crippen molar-refractivity contribution in [3.8, 4) is 0 Å². The molecule has 9 heteroatoms. The zero-order valence-electron chi connectivity index (χ0n) is 20.3. The summed E-state index contributed by atoms with van der Waals surface area (Å²) in [4.78, 5) is 15.2. The van der Waals surface area contributed by atoms with Gasteiger partial charge in [0, 0.05) is 23.0 Å². The standard InChI is InChI=1S/C15H11F3N4O2.C8H18.C2H6/c16-6-1-2-9(19)8(5-6)11(20)7-3-4-21-14-10(7)12(13(17)18)24-15(23)22-14;1-3-5-7-8-6-4-2;1-2/h1-5,12-13,20H,19H2,(H,21,22,23);3-8H2,1-2H3;1-2H3. The largest absolute Gasteiger partial charge is 0.435 e. The third-order valence-corrected chi connectivity index (χ3v) is 4.97. The average Bonchev–Trinajstić information content (AvgIpc) is 2.83. The van der Waals surface area contributed by atoms with Gasteiger partial charge < -0.3 is 10.5 Å². The topological polar surface area (TPSA) is 101 Å². The number of hydrogen-bond acceptors (Lipinski definition) is 5. The second-order valence-electron chi connectivity index (χ2n) is 7.43. The molecule has 3 rings (SSSR count). The molecule has 1 atom stereocenters. The molecule has 1 unspecified atom stereocenters. The third kappa shape index (κ3) is 8.04. The monoisotopic (exact) mass is 480 g/mol. The fraction of sp³-hybridized carbons (Fsp3) is 0.480. The van der Waals surface area contributed by atoms with Crippen LogP contribution in [0.2, 0.25) is 0 Å². The average molecular weight is 481 g/mol. The number of hydrogen-bond donors (Lipinski definition) is 3. The van der Waals surface area contributed by atoms with Crippen molar-refractivity contribution in [2.24, 2.45) is 0 Å². The van der Waals surface area contributed by atoms with E-state index < -0.39 is 24.4 Å². The predicted molar refractivity (Wildman–Crippen MR) is 130 cm³/mol. The first-order valence-electron chi connectivity index (χ1n) is 11.7. The molecule has 6 nitrogen and oxygen atoms in total. The second kappa shape index (κ2) is 14.9. The van der Waals surface area contributed by atoms with E-state index in [1.807, 2.05) is 13.8 Å². The maximum absolute atomic E-state index is 13.5. The maximum Gasteiger partial charge on any atom is 0.413 e. The molecule has 0 saturated heterocycles. The Bertz CT molecular complexity index is 932. The summed E-state index contributed by atoms with van der Waals surface area (Å²) in [6.45, 7) is 8.51. The molecule has 0 saturated carbocycles. The lowest BCUT2D eigenvalue weighted by Gasteiger charge is -2.27. The summed E-state index contributed by atoms with van der Waals surface area (Å²) in [5.74, 6) is -0.754. The van der Waals surface area contributed by atoms with Gasteiger partial charge in [-0.3, -0.25) is 10.7 Å². The maximum atomic E-state index is 13.5. The Hall–Kier alpha value is -3.10. The fourth-order valence-electron chi connectivity index (χ4n) is 3.30. The molecule has 1 aliphatic heterocycles. The number of pyridine rings is 1. The van der Waals surface area contributed by atoms with Crippen molar-refractivity contribution in [2.45, 2.75) is 78.7 Å². The molecular weight excluding hydrogens is 445 g/mol. The molecule has 0 bridgehead atoms. The Morgan fingerprint density at radius 1 is 1.12 bits per heavy atom. The van der Waals surface area contributed by atoms with Crippen LogP contribution in [0.15, 0.2) is 30.5 Å². The molecule has 0 radical (unpaired) electrons. The van der Waals surface area contributed by atoms with Crippen molar-refractivity contribution in [1.29, 1.82) is 5.41 Å². The van der Waals surface area contributed by atoms with Crippen molar-refractivity contribution in [2.75, 3.05) is 11.1 Å². The van der Waals surface area contributed by atoms with E-state index in [4.69, 9.17) is 11.1 Å². The molecular formula is C25H35F3N4O2. The number of fused-ring (bicyclic) bond motifs is 1. The van der Waals surface area contributed by atoms with Crippen molar-refractivity contribution in [3.05, 3.63) is 53.0 Å². The number of unbranched alkanes of at least 4 members (excludes halogenated alkanes) is 5. The predicted octanol–water partition coefficient (Wildman–Crippen LogP) is 7.48. The molecule has 1 amide bonds. The van der Waals surface area contributed by atoms with Crippen LogP contribution in [0.25, 0.3) is 0 Å². The minimum Gasteiger partial charge on any atom is -0.435 e. The van der Waals surface area contributed by atoms with Crippen molar-refractivity contribution < 1.29 is 22.7 Å². The van der Waals surface area contributed by atoms with Crippen LogP contribution in [0.1, 0.15) is 89.0 Å². The highest BCUT2D eigenvalue weighted by atomic mass is 19.3. The summed E-state index contributed by atoms with van der Waals surface area (Å²) >= 11 is 0. The molecule has 0 fully saturated rings. The molecule has 0 aliphatic carbocycles. The Labute approximate surface area is 199 Å². The first-order chi connectivity index (χ1) is 16.3. The lowest BCUT2D eigenvalue weighted by atomic mass is 9.94. The lowest BCUT2D eigenvalue weighted by Crippen LogP contribution is -2.31. The number of alkyl halides is 2. The number of carbonyl (C=O) groups is 1. The van der Waals surface area contributed by atoms with Gasteiger partial charge >= 0.3 is 6.09 Å². The highest BCUT2D eigenvalue weighted by molar-refractivity contribution is 6.15. The van der Waals surface area contributed by atoms with Crippen LogP contribution in [0, 0.1) is 11.2 Å². The summed E-state index contributed by atoms with van der Waals surface area (Å²) in [5.41, 5.74) is 5.48. The van der Waals surface area contributed by atoms with Gasteiger partial charge in [0.05, 0.1) is 11.3 Å². The van der Waals surface area contributed by atoms with Gasteiger partial charge in [0.15, 0.2) is 6.10 Å². The van der Waals surface area contributed by atoms with Crippen molar-refractivity contribution in [1.82, 2.24) is 4.98 Å². The van der Waals surface area contributed by atoms with Crippen LogP contribution in [0.5, 0.6) is 0 Å². The SMILES string of the molecule is CC.CCCCCCCC.N=C(c1cc(F)ccc1N)c1ccnc2c1C(C(F)F)OC(=O)N2. The Kier molecular flexibility index (Phi) is 12.7. The molecule has 4 N–H and O–H groups in total. The van der Waals surface area contributed by atoms with Gasteiger partial charge in [-0.25, -0.2) is 22.9 Å². The number of nitrogens with one attached hydrogen (secondary N) is 2. The number of aromatic nitrogens is 1. The number of anilines is 2. The first kappa shape index (κ1) is 28.9. The van der Waals surface area contributed by atoms with Gasteiger partial charge in [-0.2, -0.15) is 0 Å². The van der Waals surface area contributed by atoms with Gasteiger partial charge in [-0.1, -0.05) is 66.2 Å². The van der Waals surface area contributed by atoms with Crippen molar-refractivity contribution >= 4 is 23.3 Å². The zero-order valence-corrected chi connectivity index (χ0v) is 20.3. The number of nitrogens with two attached hydrogens (primary N) is 1. The molecule has 1 aromatic carbocycles. The van der Waals surface area contributed by atoms with E-state index in [0.717, 1.165) is 12.1 Å². The quantitative estimate of drug-likeness (QED) is 0.207. The fourth-order valence-corrected chi connectivity index (χ4v) is 3.30. The Morgan fingerprint density at radius 3 is 2.29 bits per heavy atom. The van der Waals surface area contributed by atoms with E-state index in [1.165, 1.54) is 56.9 Å². The zero-order chi connectivity index (χ0) is 25.7. The number of nitrogens with zero attached hydrogens (tertiary/aromatic N) is 1. The highest BCUT2D eigenvalue weighted by Crippen LogP contribution is 2.37. The summed E-state index contributed by atoms with van der Waals surface area (Å²) in [6, 6.07) is 4.74. The van der Waals surface area contributed by atoms with Gasteiger partial charge in [0.1, 0.15) is 11.6 Å². The number of amides is 1. The number of benzene rings is 1. The molecule has 188 valence electrons. The summed E-state index contributed by atoms with van der Waals surface area (Å²) in [5, 5.41) is 10.5. The number of cyclic esters (lactones) is 1. The Balaban J connectivity index is 0.000000493. The van der Waals surface area contributed by atoms with E-state index in [-0.39, 0.29) is 33.9 Å². The lowest BCUT2D eigenvalue weighted by molar-refractivity contribution is -0.0172. The molecule has 2 aromatic rings. The van der Waals surface area contributed by atoms with Gasteiger partial charge in [-0.15, -0.1) is 0 Å². The number of nitrogen functional groups attached to an aromatic ring is 1. The number of ether oxygens (including phenoxy) is 1. The van der Waals surface area contributed by atoms with E-state index in [1.54, 1.807) is 0 Å². The van der Waals surface area contributed by atoms with Crippen molar-refractivity contribution in [3.63, 3.8) is 0 Å². The second-order valence-corrected chi connectivity index (χ2v) is 7.43. The highest BCUT2D eigenvalue weighted by Gasteiger charge is 2.37. The summed E-state index contributed by atoms with van der Waals surface area (Å²) in [6.07, 6.45) is 3.77. The van der Waals surface area contributed by atoms with Crippen LogP contribution in [0.3, 0.4) is 0 Å². The van der Waals surface area contributed by atoms with Crippen LogP contribution in [-0.4, -0.2) is 23.2 Å². The van der Waals surface area contributed by atoms with Crippen LogP contribution < -0.4 is 11.1 Å². The third-order valence-electron chi connectivity index (χ3n) is 4.97. The first-order valence-corrected chi connectivity index (χ1v) is 11.7. The van der Waals surface area contributed by atoms with Crippen LogP contribution in [0.4, 0.5) is 29.5 Å². The Morgan fingerprint density at radius 2 is 1.74 bits per heavy atom. The van der Waals surface area contributed by atoms with Crippen LogP contribution >= 0.6 is 0 Å². The minimum atomic E-state index is -3.02. The van der Waals surface area contributed by atoms with E-state index in [9.17, 15) is 18.0 Å². The summed E-state index contributed by atoms with van der Waals surface area (Å²) < 4.78 is 44.6. The molecule has 2 heterocycles. The molecule has 0 spiro atoms. The van der Waals surface area contributed by atoms with Gasteiger partial charge in [-0.05, 0) is 24.3 Å². The van der Waals surface area contributed by atoms with E-state index in [0.29, 0.717) is 0 Å². The molecule has 1 aromatic heterocycles. The minimum absolute atomic E-state index is 0.0163. The van der Waals surface area contributed by atoms with Gasteiger partial charge in [0.25, 0.3) is 6.43 Å². The smallest absolute Gasteiger partial charge is 0.413 e. The number of carbonyl (C=O) groups excluding carboxylic acids is 1. The summed E-state index contributed by atoms with van der Waals surface area (Å²) in [7, 11) is 0. The van der Waals surface area contributed by atoms with E-state index in [2.05, 4.69) is 28.9 Å². The number of rotatable bonds is 8. The van der Waals surface area contributed by atoms with Gasteiger partial charge in [0.2, 0.25) is 0 Å². The molecule has 34 heavy (non-hydrogen) atoms.